The molecule has 9 nitrogen and oxygen atoms in total. The smallest absolute Gasteiger partial charge is 0.250 e. The van der Waals surface area contributed by atoms with Gasteiger partial charge in [0.2, 0.25) is 17.8 Å². The van der Waals surface area contributed by atoms with E-state index in [0.29, 0.717) is 0 Å². The van der Waals surface area contributed by atoms with Crippen LogP contribution in [0.1, 0.15) is 5.56 Å². The molecule has 2 heterocycles. The fourth-order valence-electron chi connectivity index (χ4n) is 2.63. The monoisotopic (exact) mass is 371 g/mol. The number of nitrogens with two attached hydrogens (primary N) is 2. The van der Waals surface area contributed by atoms with Crippen molar-refractivity contribution in [2.75, 3.05) is 16.9 Å². The summed E-state index contributed by atoms with van der Waals surface area (Å²) in [6.07, 6.45) is 3.55. The number of benzene rings is 2. The Bertz CT molecular complexity index is 1080. The van der Waals surface area contributed by atoms with Gasteiger partial charge >= 0.3 is 0 Å². The van der Waals surface area contributed by atoms with Gasteiger partial charge in [0.05, 0.1) is 11.9 Å². The summed E-state index contributed by atoms with van der Waals surface area (Å²) in [5, 5.41) is 8.92. The minimum absolute atomic E-state index is 0.0204. The lowest BCUT2D eigenvalue weighted by Crippen LogP contribution is -2.06. The Hall–Kier alpha value is -4.27. The van der Waals surface area contributed by atoms with E-state index in [2.05, 4.69) is 25.5 Å². The SMILES string of the molecule is Nc1nc(N)nc(NN=Cc2cn(-c3ccccc3)nc2-c2ccccc2)n1. The van der Waals surface area contributed by atoms with Crippen molar-refractivity contribution in [1.29, 1.82) is 0 Å². The lowest BCUT2D eigenvalue weighted by atomic mass is 10.1. The van der Waals surface area contributed by atoms with E-state index in [0.717, 1.165) is 22.5 Å². The molecule has 2 aromatic carbocycles. The molecule has 5 N–H and O–H groups in total. The van der Waals surface area contributed by atoms with Crippen molar-refractivity contribution in [3.8, 4) is 16.9 Å². The normalized spacial score (nSPS) is 11.0. The maximum absolute atomic E-state index is 5.56. The summed E-state index contributed by atoms with van der Waals surface area (Å²) in [6.45, 7) is 0. The van der Waals surface area contributed by atoms with Gasteiger partial charge in [-0.25, -0.2) is 10.1 Å². The highest BCUT2D eigenvalue weighted by Crippen LogP contribution is 2.22. The van der Waals surface area contributed by atoms with Gasteiger partial charge in [0, 0.05) is 17.3 Å². The average Bonchev–Trinajstić information content (AvgIpc) is 3.13. The van der Waals surface area contributed by atoms with Crippen LogP contribution in [0.2, 0.25) is 0 Å². The molecule has 0 aliphatic heterocycles. The molecule has 0 radical (unpaired) electrons. The molecule has 4 rings (SSSR count). The maximum atomic E-state index is 5.56. The lowest BCUT2D eigenvalue weighted by Gasteiger charge is -2.00. The quantitative estimate of drug-likeness (QED) is 0.362. The van der Waals surface area contributed by atoms with E-state index in [9.17, 15) is 0 Å². The summed E-state index contributed by atoms with van der Waals surface area (Å²) in [5.74, 6) is 0.206. The van der Waals surface area contributed by atoms with Gasteiger partial charge in [0.1, 0.15) is 5.69 Å². The van der Waals surface area contributed by atoms with E-state index in [1.165, 1.54) is 0 Å². The van der Waals surface area contributed by atoms with Gasteiger partial charge in [0.15, 0.2) is 0 Å². The standard InChI is InChI=1S/C19H17N9/c20-17-23-18(21)25-19(24-17)26-22-11-14-12-28(15-9-5-2-6-10-15)27-16(14)13-7-3-1-4-8-13/h1-12H,(H5,20,21,23,24,25,26). The minimum atomic E-state index is 0.0204. The van der Waals surface area contributed by atoms with Crippen LogP contribution in [0.4, 0.5) is 17.8 Å². The van der Waals surface area contributed by atoms with Crippen LogP contribution in [0.25, 0.3) is 16.9 Å². The van der Waals surface area contributed by atoms with Gasteiger partial charge in [-0.05, 0) is 12.1 Å². The van der Waals surface area contributed by atoms with Crippen LogP contribution in [-0.4, -0.2) is 30.9 Å². The first-order valence-corrected chi connectivity index (χ1v) is 8.45. The highest BCUT2D eigenvalue weighted by atomic mass is 15.4. The number of nitrogens with one attached hydrogen (secondary N) is 1. The van der Waals surface area contributed by atoms with E-state index in [1.807, 2.05) is 71.5 Å². The molecular weight excluding hydrogens is 354 g/mol. The first kappa shape index (κ1) is 17.2. The molecular formula is C19H17N9. The number of nitrogens with zero attached hydrogens (tertiary/aromatic N) is 6. The number of hydrogen-bond acceptors (Lipinski definition) is 8. The van der Waals surface area contributed by atoms with Crippen molar-refractivity contribution in [3.63, 3.8) is 0 Å². The Kier molecular flexibility index (Phi) is 4.62. The zero-order chi connectivity index (χ0) is 19.3. The fourth-order valence-corrected chi connectivity index (χ4v) is 2.63. The number of hydrazone groups is 1. The Balaban J connectivity index is 1.67. The molecule has 2 aromatic heterocycles. The van der Waals surface area contributed by atoms with Gasteiger partial charge in [-0.3, -0.25) is 0 Å². The zero-order valence-corrected chi connectivity index (χ0v) is 14.8. The van der Waals surface area contributed by atoms with Crippen LogP contribution in [0.5, 0.6) is 0 Å². The third kappa shape index (κ3) is 3.78. The van der Waals surface area contributed by atoms with Crippen molar-refractivity contribution >= 4 is 24.1 Å². The number of hydrogen-bond donors (Lipinski definition) is 3. The average molecular weight is 371 g/mol. The van der Waals surface area contributed by atoms with E-state index in [-0.39, 0.29) is 17.8 Å². The maximum Gasteiger partial charge on any atom is 0.250 e. The molecule has 0 saturated carbocycles. The second-order valence-corrected chi connectivity index (χ2v) is 5.82. The van der Waals surface area contributed by atoms with Crippen LogP contribution >= 0.6 is 0 Å². The molecule has 0 amide bonds. The molecule has 0 saturated heterocycles. The summed E-state index contributed by atoms with van der Waals surface area (Å²) in [5.41, 5.74) is 17.4. The van der Waals surface area contributed by atoms with Gasteiger partial charge in [-0.1, -0.05) is 48.5 Å². The molecule has 0 bridgehead atoms. The Labute approximate surface area is 160 Å². The van der Waals surface area contributed by atoms with Crippen LogP contribution in [-0.2, 0) is 0 Å². The van der Waals surface area contributed by atoms with Gasteiger partial charge in [-0.2, -0.15) is 25.2 Å². The number of rotatable bonds is 5. The summed E-state index contributed by atoms with van der Waals surface area (Å²) >= 11 is 0. The Morgan fingerprint density at radius 1 is 0.857 bits per heavy atom. The number of nitrogen functional groups attached to an aromatic ring is 2. The van der Waals surface area contributed by atoms with Crippen molar-refractivity contribution in [2.24, 2.45) is 5.10 Å². The second kappa shape index (κ2) is 7.54. The van der Waals surface area contributed by atoms with Crippen molar-refractivity contribution < 1.29 is 0 Å². The van der Waals surface area contributed by atoms with Crippen LogP contribution in [0.3, 0.4) is 0 Å². The summed E-state index contributed by atoms with van der Waals surface area (Å²) in [7, 11) is 0. The highest BCUT2D eigenvalue weighted by Gasteiger charge is 2.11. The number of anilines is 3. The molecule has 0 atom stereocenters. The fraction of sp³-hybridized carbons (Fsp3) is 0. The Morgan fingerprint density at radius 3 is 2.18 bits per heavy atom. The van der Waals surface area contributed by atoms with Crippen LogP contribution in [0, 0.1) is 0 Å². The largest absolute Gasteiger partial charge is 0.368 e. The molecule has 9 heteroatoms. The van der Waals surface area contributed by atoms with E-state index in [4.69, 9.17) is 16.6 Å². The van der Waals surface area contributed by atoms with Crippen LogP contribution in [0.15, 0.2) is 72.0 Å². The molecule has 0 spiro atoms. The molecule has 4 aromatic rings. The number of aromatic nitrogens is 5. The van der Waals surface area contributed by atoms with Gasteiger partial charge in [0.25, 0.3) is 0 Å². The van der Waals surface area contributed by atoms with Gasteiger partial charge in [-0.15, -0.1) is 0 Å². The summed E-state index contributed by atoms with van der Waals surface area (Å²) in [6, 6.07) is 19.7. The van der Waals surface area contributed by atoms with E-state index in [1.54, 1.807) is 6.21 Å². The highest BCUT2D eigenvalue weighted by molar-refractivity contribution is 5.89. The zero-order valence-electron chi connectivity index (χ0n) is 14.8. The molecule has 0 fully saturated rings. The predicted molar refractivity (Wildman–Crippen MR) is 109 cm³/mol. The van der Waals surface area contributed by atoms with Crippen LogP contribution < -0.4 is 16.9 Å². The molecule has 0 unspecified atom stereocenters. The lowest BCUT2D eigenvalue weighted by molar-refractivity contribution is 0.884. The third-order valence-electron chi connectivity index (χ3n) is 3.85. The first-order chi connectivity index (χ1) is 13.7. The van der Waals surface area contributed by atoms with E-state index >= 15 is 0 Å². The summed E-state index contributed by atoms with van der Waals surface area (Å²) < 4.78 is 1.81. The molecule has 28 heavy (non-hydrogen) atoms. The topological polar surface area (TPSA) is 133 Å². The second-order valence-electron chi connectivity index (χ2n) is 5.82. The molecule has 138 valence electrons. The molecule has 0 aliphatic carbocycles. The first-order valence-electron chi connectivity index (χ1n) is 8.45. The van der Waals surface area contributed by atoms with Crippen molar-refractivity contribution in [3.05, 3.63) is 72.4 Å². The third-order valence-corrected chi connectivity index (χ3v) is 3.85. The van der Waals surface area contributed by atoms with Gasteiger partial charge < -0.3 is 11.5 Å². The minimum Gasteiger partial charge on any atom is -0.368 e. The summed E-state index contributed by atoms with van der Waals surface area (Å²) in [4.78, 5) is 11.6. The predicted octanol–water partition coefficient (Wildman–Crippen LogP) is 2.33. The Morgan fingerprint density at radius 2 is 1.50 bits per heavy atom. The number of para-hydroxylation sites is 1. The van der Waals surface area contributed by atoms with E-state index < -0.39 is 0 Å². The van der Waals surface area contributed by atoms with Crippen molar-refractivity contribution in [2.45, 2.75) is 0 Å². The van der Waals surface area contributed by atoms with Crippen molar-refractivity contribution in [1.82, 2.24) is 24.7 Å². The molecule has 0 aliphatic rings.